The van der Waals surface area contributed by atoms with Crippen LogP contribution in [0.5, 0.6) is 0 Å². The number of hydrogen-bond donors (Lipinski definition) is 1. The van der Waals surface area contributed by atoms with Crippen molar-refractivity contribution in [2.45, 2.75) is 6.54 Å². The van der Waals surface area contributed by atoms with Gasteiger partial charge in [0.1, 0.15) is 0 Å². The van der Waals surface area contributed by atoms with E-state index in [2.05, 4.69) is 31.9 Å². The summed E-state index contributed by atoms with van der Waals surface area (Å²) >= 11 is 6.80. The van der Waals surface area contributed by atoms with E-state index in [1.807, 2.05) is 18.2 Å². The molecule has 0 aromatic heterocycles. The van der Waals surface area contributed by atoms with Gasteiger partial charge in [0, 0.05) is 15.5 Å². The van der Waals surface area contributed by atoms with Crippen LogP contribution in [0.3, 0.4) is 0 Å². The summed E-state index contributed by atoms with van der Waals surface area (Å²) in [5.41, 5.74) is 6.59. The number of hydrogen-bond acceptors (Lipinski definition) is 1. The van der Waals surface area contributed by atoms with Gasteiger partial charge in [-0.1, -0.05) is 12.1 Å². The lowest BCUT2D eigenvalue weighted by atomic mass is 10.2. The number of nitrogens with two attached hydrogens (primary N) is 1. The zero-order valence-electron chi connectivity index (χ0n) is 5.27. The van der Waals surface area contributed by atoms with Gasteiger partial charge in [-0.3, -0.25) is 0 Å². The summed E-state index contributed by atoms with van der Waals surface area (Å²) in [4.78, 5) is 0. The van der Waals surface area contributed by atoms with Gasteiger partial charge >= 0.3 is 0 Å². The Morgan fingerprint density at radius 1 is 1.30 bits per heavy atom. The van der Waals surface area contributed by atoms with Crippen LogP contribution in [0.25, 0.3) is 0 Å². The quantitative estimate of drug-likeness (QED) is 0.829. The van der Waals surface area contributed by atoms with E-state index < -0.39 is 0 Å². The maximum Gasteiger partial charge on any atom is 0.0362 e. The van der Waals surface area contributed by atoms with E-state index in [4.69, 9.17) is 5.73 Å². The van der Waals surface area contributed by atoms with E-state index in [0.29, 0.717) is 6.54 Å². The van der Waals surface area contributed by atoms with E-state index in [1.165, 1.54) is 0 Å². The van der Waals surface area contributed by atoms with Gasteiger partial charge in [-0.15, -0.1) is 0 Å². The lowest BCUT2D eigenvalue weighted by Crippen LogP contribution is -1.96. The fraction of sp³-hybridized carbons (Fsp3) is 0.143. The van der Waals surface area contributed by atoms with Gasteiger partial charge in [0.25, 0.3) is 0 Å². The van der Waals surface area contributed by atoms with Crippen LogP contribution in [0.2, 0.25) is 0 Å². The monoisotopic (exact) mass is 263 g/mol. The molecule has 0 amide bonds. The molecule has 2 N–H and O–H groups in total. The molecule has 0 atom stereocenters. The summed E-state index contributed by atoms with van der Waals surface area (Å²) in [5, 5.41) is 0. The van der Waals surface area contributed by atoms with Crippen molar-refractivity contribution in [3.05, 3.63) is 32.7 Å². The highest BCUT2D eigenvalue weighted by atomic mass is 79.9. The third-order valence-corrected chi connectivity index (χ3v) is 3.38. The molecule has 0 aliphatic carbocycles. The molecule has 0 aliphatic rings. The molecule has 1 aromatic rings. The predicted octanol–water partition coefficient (Wildman–Crippen LogP) is 2.67. The van der Waals surface area contributed by atoms with Crippen molar-refractivity contribution in [2.75, 3.05) is 0 Å². The van der Waals surface area contributed by atoms with E-state index in [-0.39, 0.29) is 0 Å². The van der Waals surface area contributed by atoms with Crippen LogP contribution in [-0.4, -0.2) is 0 Å². The summed E-state index contributed by atoms with van der Waals surface area (Å²) in [6.45, 7) is 0.569. The molecule has 1 rings (SSSR count). The number of benzene rings is 1. The molecule has 1 aromatic carbocycles. The maximum absolute atomic E-state index is 5.47. The molecule has 0 radical (unpaired) electrons. The zero-order valence-corrected chi connectivity index (χ0v) is 8.44. The second kappa shape index (κ2) is 3.51. The van der Waals surface area contributed by atoms with Crippen LogP contribution in [-0.2, 0) is 6.54 Å². The van der Waals surface area contributed by atoms with Crippen molar-refractivity contribution in [2.24, 2.45) is 5.73 Å². The molecule has 0 fully saturated rings. The van der Waals surface area contributed by atoms with Crippen molar-refractivity contribution in [3.63, 3.8) is 0 Å². The van der Waals surface area contributed by atoms with E-state index in [9.17, 15) is 0 Å². The largest absolute Gasteiger partial charge is 0.326 e. The van der Waals surface area contributed by atoms with Crippen molar-refractivity contribution < 1.29 is 0 Å². The first-order valence-corrected chi connectivity index (χ1v) is 4.47. The van der Waals surface area contributed by atoms with Crippen molar-refractivity contribution in [1.82, 2.24) is 0 Å². The number of halogens is 2. The molecule has 54 valence electrons. The average Bonchev–Trinajstić information content (AvgIpc) is 1.95. The zero-order chi connectivity index (χ0) is 7.56. The van der Waals surface area contributed by atoms with Crippen LogP contribution in [0.1, 0.15) is 5.56 Å². The van der Waals surface area contributed by atoms with E-state index in [1.54, 1.807) is 0 Å². The number of rotatable bonds is 1. The Labute approximate surface area is 76.9 Å². The normalized spacial score (nSPS) is 9.90. The Morgan fingerprint density at radius 3 is 2.50 bits per heavy atom. The molecule has 0 spiro atoms. The van der Waals surface area contributed by atoms with Crippen LogP contribution in [0, 0.1) is 0 Å². The Bertz CT molecular complexity index is 235. The molecule has 0 bridgehead atoms. The van der Waals surface area contributed by atoms with E-state index >= 15 is 0 Å². The lowest BCUT2D eigenvalue weighted by molar-refractivity contribution is 1.06. The molecule has 10 heavy (non-hydrogen) atoms. The molecular weight excluding hydrogens is 258 g/mol. The summed E-state index contributed by atoms with van der Waals surface area (Å²) in [7, 11) is 0. The SMILES string of the molecule is NCc1cccc(Br)c1Br. The first kappa shape index (κ1) is 8.24. The van der Waals surface area contributed by atoms with Crippen LogP contribution in [0.4, 0.5) is 0 Å². The van der Waals surface area contributed by atoms with E-state index in [0.717, 1.165) is 14.5 Å². The van der Waals surface area contributed by atoms with Gasteiger partial charge in [0.2, 0.25) is 0 Å². The van der Waals surface area contributed by atoms with Crippen LogP contribution >= 0.6 is 31.9 Å². The standard InChI is InChI=1S/C7H7Br2N/c8-6-3-1-2-5(4-10)7(6)9/h1-3H,4,10H2. The summed E-state index contributed by atoms with van der Waals surface area (Å²) in [6.07, 6.45) is 0. The second-order valence-corrected chi connectivity index (χ2v) is 3.56. The smallest absolute Gasteiger partial charge is 0.0362 e. The van der Waals surface area contributed by atoms with Crippen molar-refractivity contribution >= 4 is 31.9 Å². The van der Waals surface area contributed by atoms with Gasteiger partial charge in [-0.05, 0) is 43.5 Å². The van der Waals surface area contributed by atoms with Crippen LogP contribution < -0.4 is 5.73 Å². The summed E-state index contributed by atoms with van der Waals surface area (Å²) in [5.74, 6) is 0. The molecular formula is C7H7Br2N. The van der Waals surface area contributed by atoms with Gasteiger partial charge in [-0.25, -0.2) is 0 Å². The molecule has 0 saturated carbocycles. The predicted molar refractivity (Wildman–Crippen MR) is 49.7 cm³/mol. The van der Waals surface area contributed by atoms with Crippen LogP contribution in [0.15, 0.2) is 27.1 Å². The molecule has 0 unspecified atom stereocenters. The third-order valence-electron chi connectivity index (χ3n) is 1.25. The fourth-order valence-electron chi connectivity index (χ4n) is 0.706. The first-order chi connectivity index (χ1) is 4.75. The fourth-order valence-corrected chi connectivity index (χ4v) is 1.54. The topological polar surface area (TPSA) is 26.0 Å². The minimum atomic E-state index is 0.569. The highest BCUT2D eigenvalue weighted by molar-refractivity contribution is 9.13. The highest BCUT2D eigenvalue weighted by Gasteiger charge is 1.99. The van der Waals surface area contributed by atoms with Gasteiger partial charge < -0.3 is 5.73 Å². The Morgan fingerprint density at radius 2 is 2.00 bits per heavy atom. The lowest BCUT2D eigenvalue weighted by Gasteiger charge is -2.01. The van der Waals surface area contributed by atoms with Gasteiger partial charge in [0.05, 0.1) is 0 Å². The average molecular weight is 265 g/mol. The molecule has 0 aliphatic heterocycles. The Balaban J connectivity index is 3.14. The third kappa shape index (κ3) is 1.59. The Hall–Kier alpha value is 0.140. The van der Waals surface area contributed by atoms with Gasteiger partial charge in [-0.2, -0.15) is 0 Å². The van der Waals surface area contributed by atoms with Crippen molar-refractivity contribution in [1.29, 1.82) is 0 Å². The summed E-state index contributed by atoms with van der Waals surface area (Å²) in [6, 6.07) is 5.94. The molecule has 3 heteroatoms. The van der Waals surface area contributed by atoms with Gasteiger partial charge in [0.15, 0.2) is 0 Å². The summed E-state index contributed by atoms with van der Waals surface area (Å²) < 4.78 is 2.10. The molecule has 1 nitrogen and oxygen atoms in total. The Kier molecular flexibility index (Phi) is 2.89. The highest BCUT2D eigenvalue weighted by Crippen LogP contribution is 2.25. The molecule has 0 saturated heterocycles. The second-order valence-electron chi connectivity index (χ2n) is 1.92. The first-order valence-electron chi connectivity index (χ1n) is 2.88. The van der Waals surface area contributed by atoms with Crippen molar-refractivity contribution in [3.8, 4) is 0 Å². The maximum atomic E-state index is 5.47. The molecule has 0 heterocycles. The minimum Gasteiger partial charge on any atom is -0.326 e. The minimum absolute atomic E-state index is 0.569.